The maximum Gasteiger partial charge on any atom is 0.233 e. The molecule has 0 radical (unpaired) electrons. The van der Waals surface area contributed by atoms with Gasteiger partial charge in [-0.1, -0.05) is 49.0 Å². The Morgan fingerprint density at radius 2 is 1.97 bits per heavy atom. The minimum atomic E-state index is -0.404. The second kappa shape index (κ2) is 8.29. The summed E-state index contributed by atoms with van der Waals surface area (Å²) in [5.41, 5.74) is 8.33. The minimum absolute atomic E-state index is 0.0353. The van der Waals surface area contributed by atoms with Crippen LogP contribution in [0.5, 0.6) is 0 Å². The Balaban J connectivity index is 1.60. The highest BCUT2D eigenvalue weighted by Gasteiger charge is 2.37. The number of nitrogens with zero attached hydrogens (tertiary/aromatic N) is 3. The van der Waals surface area contributed by atoms with Crippen molar-refractivity contribution in [3.05, 3.63) is 59.7 Å². The first-order chi connectivity index (χ1) is 14.5. The van der Waals surface area contributed by atoms with Crippen molar-refractivity contribution in [2.24, 2.45) is 5.10 Å². The van der Waals surface area contributed by atoms with Crippen molar-refractivity contribution >= 4 is 45.9 Å². The molecule has 2 amide bonds. The van der Waals surface area contributed by atoms with E-state index in [9.17, 15) is 14.4 Å². The van der Waals surface area contributed by atoms with Crippen LogP contribution in [0.15, 0.2) is 53.6 Å². The molecule has 0 spiro atoms. The number of amidine groups is 1. The van der Waals surface area contributed by atoms with E-state index in [2.05, 4.69) is 16.2 Å². The van der Waals surface area contributed by atoms with E-state index in [1.54, 1.807) is 30.1 Å². The van der Waals surface area contributed by atoms with E-state index in [1.165, 1.54) is 23.6 Å². The third kappa shape index (κ3) is 3.57. The predicted molar refractivity (Wildman–Crippen MR) is 117 cm³/mol. The van der Waals surface area contributed by atoms with Gasteiger partial charge in [-0.2, -0.15) is 0 Å². The lowest BCUT2D eigenvalue weighted by Crippen LogP contribution is -2.40. The first-order valence-corrected chi connectivity index (χ1v) is 10.5. The molecule has 1 aliphatic heterocycles. The highest BCUT2D eigenvalue weighted by Crippen LogP contribution is 2.38. The van der Waals surface area contributed by atoms with Crippen molar-refractivity contribution in [1.29, 1.82) is 0 Å². The topological polar surface area (TPSA) is 94.1 Å². The molecule has 2 aliphatic rings. The maximum atomic E-state index is 13.1. The monoisotopic (exact) mass is 423 g/mol. The molecule has 2 N–H and O–H groups in total. The third-order valence-electron chi connectivity index (χ3n) is 4.97. The molecular formula is C21H21N5O3S. The quantitative estimate of drug-likeness (QED) is 0.781. The second-order valence-corrected chi connectivity index (χ2v) is 8.04. The number of Topliss-reactive ketones (excluding diaryl/α,β-unsaturated/α-hetero) is 1. The van der Waals surface area contributed by atoms with E-state index in [1.807, 2.05) is 30.3 Å². The number of carbonyl (C=O) groups excluding carboxylic acids is 3. The summed E-state index contributed by atoms with van der Waals surface area (Å²) < 4.78 is 0. The molecule has 4 rings (SSSR count). The summed E-state index contributed by atoms with van der Waals surface area (Å²) in [5.74, 6) is -0.683. The number of hydrazine groups is 2. The van der Waals surface area contributed by atoms with Gasteiger partial charge in [0.05, 0.1) is 16.6 Å². The maximum absolute atomic E-state index is 13.1. The van der Waals surface area contributed by atoms with Crippen molar-refractivity contribution < 1.29 is 14.4 Å². The molecule has 8 nitrogen and oxygen atoms in total. The van der Waals surface area contributed by atoms with E-state index in [0.29, 0.717) is 22.8 Å². The van der Waals surface area contributed by atoms with Crippen LogP contribution in [0.2, 0.25) is 0 Å². The molecule has 0 saturated heterocycles. The van der Waals surface area contributed by atoms with Crippen LogP contribution in [0.25, 0.3) is 0 Å². The van der Waals surface area contributed by atoms with Crippen LogP contribution in [-0.4, -0.2) is 28.0 Å². The molecule has 0 aromatic heterocycles. The van der Waals surface area contributed by atoms with Crippen molar-refractivity contribution in [1.82, 2.24) is 11.1 Å². The molecule has 0 bridgehead atoms. The lowest BCUT2D eigenvalue weighted by atomic mass is 10.1. The van der Waals surface area contributed by atoms with Gasteiger partial charge in [-0.15, -0.1) is 10.6 Å². The van der Waals surface area contributed by atoms with Gasteiger partial charge in [-0.05, 0) is 30.2 Å². The van der Waals surface area contributed by atoms with Crippen LogP contribution in [-0.2, 0) is 16.0 Å². The molecule has 1 heterocycles. The summed E-state index contributed by atoms with van der Waals surface area (Å²) in [6.45, 7) is 3.07. The summed E-state index contributed by atoms with van der Waals surface area (Å²) in [4.78, 5) is 38.8. The van der Waals surface area contributed by atoms with Gasteiger partial charge in [0, 0.05) is 18.9 Å². The molecule has 1 unspecified atom stereocenters. The van der Waals surface area contributed by atoms with Gasteiger partial charge in [0.15, 0.2) is 5.78 Å². The van der Waals surface area contributed by atoms with Gasteiger partial charge in [-0.3, -0.25) is 19.3 Å². The average Bonchev–Trinajstić information content (AvgIpc) is 3.34. The number of fused-ring (bicyclic) bond motifs is 1. The Labute approximate surface area is 178 Å². The highest BCUT2D eigenvalue weighted by molar-refractivity contribution is 8.15. The molecule has 30 heavy (non-hydrogen) atoms. The molecule has 0 saturated carbocycles. The van der Waals surface area contributed by atoms with Crippen molar-refractivity contribution in [2.75, 3.05) is 9.91 Å². The van der Waals surface area contributed by atoms with Crippen LogP contribution in [0.3, 0.4) is 0 Å². The lowest BCUT2D eigenvalue weighted by molar-refractivity contribution is -0.125. The summed E-state index contributed by atoms with van der Waals surface area (Å²) in [7, 11) is 0. The number of hydrazone groups is 1. The van der Waals surface area contributed by atoms with Crippen LogP contribution in [0.4, 0.5) is 11.4 Å². The fourth-order valence-electron chi connectivity index (χ4n) is 3.59. The molecule has 2 aromatic rings. The number of rotatable bonds is 4. The molecule has 1 aliphatic carbocycles. The van der Waals surface area contributed by atoms with Crippen LogP contribution in [0.1, 0.15) is 36.2 Å². The molecular weight excluding hydrogens is 402 g/mol. The second-order valence-electron chi connectivity index (χ2n) is 6.87. The van der Waals surface area contributed by atoms with Crippen molar-refractivity contribution in [2.45, 2.75) is 31.9 Å². The number of hydrogen-bond acceptors (Lipinski definition) is 8. The van der Waals surface area contributed by atoms with Gasteiger partial charge in [0.25, 0.3) is 0 Å². The number of amides is 2. The van der Waals surface area contributed by atoms with E-state index < -0.39 is 5.25 Å². The number of hydrogen-bond donors (Lipinski definition) is 2. The SMILES string of the molecule is CCC(=O)N(C(C)=O)c1cccc2c1CC(SC1=NNNN1c1ccccc1)C2=O. The molecule has 1 atom stereocenters. The van der Waals surface area contributed by atoms with Crippen LogP contribution in [0, 0.1) is 0 Å². The standard InChI is InChI=1S/C21H21N5O3S/c1-3-19(28)25(13(2)27)17-11-7-10-15-16(17)12-18(20(15)29)30-21-22-23-24-26(21)14-8-5-4-6-9-14/h4-11,18,23-24H,3,12H2,1-2H3. The number of imide groups is 1. The summed E-state index contributed by atoms with van der Waals surface area (Å²) >= 11 is 1.34. The van der Waals surface area contributed by atoms with Crippen molar-refractivity contribution in [3.8, 4) is 0 Å². The number of thioether (sulfide) groups is 1. The summed E-state index contributed by atoms with van der Waals surface area (Å²) in [5, 5.41) is 6.23. The number of ketones is 1. The smallest absolute Gasteiger partial charge is 0.233 e. The molecule has 2 aromatic carbocycles. The number of carbonyl (C=O) groups is 3. The fraction of sp³-hybridized carbons (Fsp3) is 0.238. The lowest BCUT2D eigenvalue weighted by Gasteiger charge is -2.21. The summed E-state index contributed by atoms with van der Waals surface area (Å²) in [6, 6.07) is 14.8. The van der Waals surface area contributed by atoms with Crippen molar-refractivity contribution in [3.63, 3.8) is 0 Å². The normalized spacial score (nSPS) is 17.4. The number of anilines is 2. The first-order valence-electron chi connectivity index (χ1n) is 9.61. The number of benzene rings is 2. The Morgan fingerprint density at radius 3 is 2.67 bits per heavy atom. The molecule has 9 heteroatoms. The van der Waals surface area contributed by atoms with Gasteiger partial charge >= 0.3 is 0 Å². The van der Waals surface area contributed by atoms with E-state index in [4.69, 9.17) is 0 Å². The van der Waals surface area contributed by atoms with Gasteiger partial charge in [0.1, 0.15) is 0 Å². The van der Waals surface area contributed by atoms with Gasteiger partial charge < -0.3 is 0 Å². The zero-order chi connectivity index (χ0) is 21.3. The average molecular weight is 423 g/mol. The highest BCUT2D eigenvalue weighted by atomic mass is 32.2. The minimum Gasteiger partial charge on any atom is -0.293 e. The van der Waals surface area contributed by atoms with Crippen LogP contribution >= 0.6 is 11.8 Å². The predicted octanol–water partition coefficient (Wildman–Crippen LogP) is 2.62. The largest absolute Gasteiger partial charge is 0.293 e. The molecule has 0 fully saturated rings. The van der Waals surface area contributed by atoms with E-state index >= 15 is 0 Å². The first kappa shape index (κ1) is 20.1. The van der Waals surface area contributed by atoms with E-state index in [-0.39, 0.29) is 24.0 Å². The fourth-order valence-corrected chi connectivity index (χ4v) is 4.69. The van der Waals surface area contributed by atoms with Gasteiger partial charge in [0.2, 0.25) is 17.0 Å². The van der Waals surface area contributed by atoms with Crippen LogP contribution < -0.4 is 21.0 Å². The Kier molecular flexibility index (Phi) is 5.56. The third-order valence-corrected chi connectivity index (χ3v) is 6.12. The Hall–Kier alpha value is -3.17. The zero-order valence-corrected chi connectivity index (χ0v) is 17.4. The molecule has 154 valence electrons. The number of para-hydroxylation sites is 1. The zero-order valence-electron chi connectivity index (χ0n) is 16.6. The van der Waals surface area contributed by atoms with E-state index in [0.717, 1.165) is 11.3 Å². The van der Waals surface area contributed by atoms with Gasteiger partial charge in [-0.25, -0.2) is 10.5 Å². The Morgan fingerprint density at radius 1 is 1.20 bits per heavy atom. The summed E-state index contributed by atoms with van der Waals surface area (Å²) in [6.07, 6.45) is 0.618. The number of nitrogens with one attached hydrogen (secondary N) is 2. The Bertz CT molecular complexity index is 1040.